The van der Waals surface area contributed by atoms with Crippen LogP contribution < -0.4 is 0 Å². The Hall–Kier alpha value is -0.380. The van der Waals surface area contributed by atoms with Crippen LogP contribution in [0.2, 0.25) is 0 Å². The number of alkyl halides is 1. The van der Waals surface area contributed by atoms with Crippen molar-refractivity contribution in [3.8, 4) is 0 Å². The predicted molar refractivity (Wildman–Crippen MR) is 54.9 cm³/mol. The molecule has 0 aliphatic rings. The first-order valence-corrected chi connectivity index (χ1v) is 5.65. The second kappa shape index (κ2) is 5.37. The van der Waals surface area contributed by atoms with E-state index in [9.17, 15) is 0 Å². The van der Waals surface area contributed by atoms with Crippen LogP contribution in [0.3, 0.4) is 0 Å². The summed E-state index contributed by atoms with van der Waals surface area (Å²) in [6.45, 7) is 4.23. The van der Waals surface area contributed by atoms with Gasteiger partial charge in [-0.3, -0.25) is 0 Å². The van der Waals surface area contributed by atoms with Gasteiger partial charge in [-0.25, -0.2) is 0 Å². The molecule has 0 radical (unpaired) electrons. The lowest BCUT2D eigenvalue weighted by molar-refractivity contribution is 0.440. The highest BCUT2D eigenvalue weighted by atomic mass is 79.9. The number of nitrogens with zero attached hydrogens (tertiary/aromatic N) is 2. The minimum absolute atomic E-state index is 0.204. The van der Waals surface area contributed by atoms with Crippen molar-refractivity contribution in [3.05, 3.63) is 11.8 Å². The lowest BCUT2D eigenvalue weighted by Gasteiger charge is -1.97. The van der Waals surface area contributed by atoms with E-state index in [0.29, 0.717) is 5.89 Å². The molecule has 1 rings (SSSR count). The number of rotatable bonds is 5. The molecule has 1 heterocycles. The molecular weight excluding hydrogens is 232 g/mol. The van der Waals surface area contributed by atoms with Crippen molar-refractivity contribution in [3.63, 3.8) is 0 Å². The van der Waals surface area contributed by atoms with Crippen molar-refractivity contribution >= 4 is 15.9 Å². The molecule has 0 saturated carbocycles. The SMILES string of the molecule is CCCCc1nnc(C(Br)CC)o1. The Bertz CT molecular complexity index is 250. The normalized spacial score (nSPS) is 13.2. The number of hydrogen-bond acceptors (Lipinski definition) is 3. The van der Waals surface area contributed by atoms with Gasteiger partial charge in [0.1, 0.15) is 0 Å². The number of unbranched alkanes of at least 4 members (excludes halogenated alkanes) is 1. The van der Waals surface area contributed by atoms with E-state index >= 15 is 0 Å². The molecule has 1 atom stereocenters. The zero-order chi connectivity index (χ0) is 9.68. The maximum atomic E-state index is 5.47. The molecule has 4 heteroatoms. The molecule has 0 bridgehead atoms. The van der Waals surface area contributed by atoms with Crippen LogP contribution >= 0.6 is 15.9 Å². The second-order valence-electron chi connectivity index (χ2n) is 3.01. The minimum atomic E-state index is 0.204. The summed E-state index contributed by atoms with van der Waals surface area (Å²) in [6.07, 6.45) is 4.13. The molecule has 0 saturated heterocycles. The second-order valence-corrected chi connectivity index (χ2v) is 4.12. The Morgan fingerprint density at radius 2 is 2.15 bits per heavy atom. The smallest absolute Gasteiger partial charge is 0.230 e. The van der Waals surface area contributed by atoms with E-state index in [-0.39, 0.29) is 4.83 Å². The monoisotopic (exact) mass is 246 g/mol. The lowest BCUT2D eigenvalue weighted by Crippen LogP contribution is -1.86. The van der Waals surface area contributed by atoms with Gasteiger partial charge in [0.15, 0.2) is 0 Å². The summed E-state index contributed by atoms with van der Waals surface area (Å²) in [5.41, 5.74) is 0. The van der Waals surface area contributed by atoms with Crippen molar-refractivity contribution in [2.24, 2.45) is 0 Å². The summed E-state index contributed by atoms with van der Waals surface area (Å²) in [5, 5.41) is 7.95. The maximum absolute atomic E-state index is 5.47. The van der Waals surface area contributed by atoms with Gasteiger partial charge in [-0.05, 0) is 12.8 Å². The highest BCUT2D eigenvalue weighted by Crippen LogP contribution is 2.24. The Morgan fingerprint density at radius 1 is 1.38 bits per heavy atom. The van der Waals surface area contributed by atoms with Gasteiger partial charge < -0.3 is 4.42 Å². The Balaban J connectivity index is 2.53. The Morgan fingerprint density at radius 3 is 2.77 bits per heavy atom. The highest BCUT2D eigenvalue weighted by Gasteiger charge is 2.12. The van der Waals surface area contributed by atoms with E-state index in [0.717, 1.165) is 31.6 Å². The first-order chi connectivity index (χ1) is 6.27. The first kappa shape index (κ1) is 10.7. The molecule has 1 aromatic heterocycles. The Kier molecular flexibility index (Phi) is 4.42. The van der Waals surface area contributed by atoms with E-state index in [1.165, 1.54) is 0 Å². The van der Waals surface area contributed by atoms with Crippen LogP contribution in [0.1, 0.15) is 49.7 Å². The summed E-state index contributed by atoms with van der Waals surface area (Å²) in [6, 6.07) is 0. The fourth-order valence-corrected chi connectivity index (χ4v) is 1.18. The van der Waals surface area contributed by atoms with Gasteiger partial charge >= 0.3 is 0 Å². The van der Waals surface area contributed by atoms with E-state index in [2.05, 4.69) is 40.0 Å². The van der Waals surface area contributed by atoms with Crippen molar-refractivity contribution in [1.82, 2.24) is 10.2 Å². The number of halogens is 1. The van der Waals surface area contributed by atoms with Crippen molar-refractivity contribution in [2.75, 3.05) is 0 Å². The molecule has 0 fully saturated rings. The average molecular weight is 247 g/mol. The third-order valence-electron chi connectivity index (χ3n) is 1.85. The summed E-state index contributed by atoms with van der Waals surface area (Å²) in [5.74, 6) is 1.46. The molecule has 1 unspecified atom stereocenters. The van der Waals surface area contributed by atoms with Crippen LogP contribution in [0.15, 0.2) is 4.42 Å². The van der Waals surface area contributed by atoms with Crippen LogP contribution in [0.5, 0.6) is 0 Å². The summed E-state index contributed by atoms with van der Waals surface area (Å²) < 4.78 is 5.47. The van der Waals surface area contributed by atoms with Gasteiger partial charge in [0, 0.05) is 6.42 Å². The summed E-state index contributed by atoms with van der Waals surface area (Å²) in [7, 11) is 0. The molecule has 0 aliphatic heterocycles. The number of aryl methyl sites for hydroxylation is 1. The topological polar surface area (TPSA) is 38.9 Å². The molecule has 1 aromatic rings. The van der Waals surface area contributed by atoms with Gasteiger partial charge in [-0.1, -0.05) is 36.2 Å². The van der Waals surface area contributed by atoms with Crippen molar-refractivity contribution in [1.29, 1.82) is 0 Å². The molecule has 0 N–H and O–H groups in total. The molecule has 0 aliphatic carbocycles. The van der Waals surface area contributed by atoms with E-state index in [1.54, 1.807) is 0 Å². The highest BCUT2D eigenvalue weighted by molar-refractivity contribution is 9.09. The zero-order valence-corrected chi connectivity index (χ0v) is 9.67. The Labute approximate surface area is 87.1 Å². The van der Waals surface area contributed by atoms with Crippen LogP contribution in [0.4, 0.5) is 0 Å². The largest absolute Gasteiger partial charge is 0.424 e. The van der Waals surface area contributed by atoms with Crippen LogP contribution in [-0.4, -0.2) is 10.2 Å². The van der Waals surface area contributed by atoms with E-state index in [4.69, 9.17) is 4.42 Å². The molecule has 3 nitrogen and oxygen atoms in total. The zero-order valence-electron chi connectivity index (χ0n) is 8.09. The van der Waals surface area contributed by atoms with Crippen LogP contribution in [0, 0.1) is 0 Å². The van der Waals surface area contributed by atoms with Gasteiger partial charge in [-0.2, -0.15) is 0 Å². The van der Waals surface area contributed by atoms with Gasteiger partial charge in [0.25, 0.3) is 0 Å². The van der Waals surface area contributed by atoms with E-state index < -0.39 is 0 Å². The van der Waals surface area contributed by atoms with Gasteiger partial charge in [-0.15, -0.1) is 10.2 Å². The fraction of sp³-hybridized carbons (Fsp3) is 0.778. The fourth-order valence-electron chi connectivity index (χ4n) is 0.997. The maximum Gasteiger partial charge on any atom is 0.230 e. The average Bonchev–Trinajstić information content (AvgIpc) is 2.62. The lowest BCUT2D eigenvalue weighted by atomic mass is 10.2. The molecule has 74 valence electrons. The number of hydrogen-bond donors (Lipinski definition) is 0. The molecule has 0 aromatic carbocycles. The third-order valence-corrected chi connectivity index (χ3v) is 2.89. The third kappa shape index (κ3) is 3.10. The summed E-state index contributed by atoms with van der Waals surface area (Å²) >= 11 is 3.47. The first-order valence-electron chi connectivity index (χ1n) is 4.74. The summed E-state index contributed by atoms with van der Waals surface area (Å²) in [4.78, 5) is 0.204. The quantitative estimate of drug-likeness (QED) is 0.749. The minimum Gasteiger partial charge on any atom is -0.424 e. The van der Waals surface area contributed by atoms with Gasteiger partial charge in [0.05, 0.1) is 4.83 Å². The van der Waals surface area contributed by atoms with Crippen molar-refractivity contribution < 1.29 is 4.42 Å². The van der Waals surface area contributed by atoms with E-state index in [1.807, 2.05) is 0 Å². The van der Waals surface area contributed by atoms with Crippen LogP contribution in [-0.2, 0) is 6.42 Å². The van der Waals surface area contributed by atoms with Crippen LogP contribution in [0.25, 0.3) is 0 Å². The molecule has 13 heavy (non-hydrogen) atoms. The molecular formula is C9H15BrN2O. The van der Waals surface area contributed by atoms with Gasteiger partial charge in [0.2, 0.25) is 11.8 Å². The predicted octanol–water partition coefficient (Wildman–Crippen LogP) is 3.26. The molecule has 0 spiro atoms. The molecule has 0 amide bonds. The van der Waals surface area contributed by atoms with Crippen molar-refractivity contribution in [2.45, 2.75) is 44.4 Å². The standard InChI is InChI=1S/C9H15BrN2O/c1-3-5-6-8-11-12-9(13-8)7(10)4-2/h7H,3-6H2,1-2H3. The number of aromatic nitrogens is 2.